The van der Waals surface area contributed by atoms with E-state index in [2.05, 4.69) is 20.3 Å². The fourth-order valence-electron chi connectivity index (χ4n) is 3.27. The number of hydrogen-bond acceptors (Lipinski definition) is 7. The quantitative estimate of drug-likeness (QED) is 0.827. The zero-order valence-corrected chi connectivity index (χ0v) is 17.4. The summed E-state index contributed by atoms with van der Waals surface area (Å²) in [7, 11) is 0. The third-order valence-electron chi connectivity index (χ3n) is 4.70. The van der Waals surface area contributed by atoms with Crippen LogP contribution in [0.25, 0.3) is 0 Å². The Morgan fingerprint density at radius 1 is 1.28 bits per heavy atom. The summed E-state index contributed by atoms with van der Waals surface area (Å²) in [5.74, 6) is 0.951. The third-order valence-corrected chi connectivity index (χ3v) is 4.70. The molecular weight excluding hydrogens is 370 g/mol. The van der Waals surface area contributed by atoms with Gasteiger partial charge < -0.3 is 19.7 Å². The molecule has 1 unspecified atom stereocenters. The summed E-state index contributed by atoms with van der Waals surface area (Å²) in [6.45, 7) is 8.80. The molecule has 156 valence electrons. The molecule has 2 aromatic heterocycles. The predicted octanol–water partition coefficient (Wildman–Crippen LogP) is 2.97. The van der Waals surface area contributed by atoms with E-state index in [-0.39, 0.29) is 12.5 Å². The third kappa shape index (κ3) is 5.63. The number of pyridine rings is 1. The van der Waals surface area contributed by atoms with Gasteiger partial charge in [0.15, 0.2) is 5.82 Å². The average Bonchev–Trinajstić information content (AvgIpc) is 2.76. The first-order valence-electron chi connectivity index (χ1n) is 10.2. The van der Waals surface area contributed by atoms with Crippen LogP contribution in [0.2, 0.25) is 0 Å². The maximum Gasteiger partial charge on any atom is 0.318 e. The molecular formula is C21H29N5O3. The molecule has 0 saturated carbocycles. The van der Waals surface area contributed by atoms with E-state index in [4.69, 9.17) is 9.47 Å². The number of carbonyl (C=O) groups excluding carboxylic acids is 1. The molecule has 0 spiro atoms. The standard InChI is InChI=1S/C19H23N5O3.C2H6/c1-13-4-5-14(7-20-13)9-24-10-17(25)22-16-8-21-19(23-18(16)24)27-12-15-3-2-6-26-11-15;1-2/h4-5,7-8,15H,2-3,6,9-12H2,1H3,(H,22,25);1-2H3. The molecule has 8 nitrogen and oxygen atoms in total. The number of ether oxygens (including phenoxy) is 2. The first-order chi connectivity index (χ1) is 14.2. The molecule has 0 bridgehead atoms. The van der Waals surface area contributed by atoms with E-state index in [9.17, 15) is 4.79 Å². The maximum atomic E-state index is 12.0. The number of amides is 1. The van der Waals surface area contributed by atoms with Crippen molar-refractivity contribution in [3.8, 4) is 6.01 Å². The van der Waals surface area contributed by atoms with Crippen LogP contribution in [0.4, 0.5) is 11.5 Å². The number of hydrogen-bond donors (Lipinski definition) is 1. The summed E-state index contributed by atoms with van der Waals surface area (Å²) in [4.78, 5) is 27.0. The van der Waals surface area contributed by atoms with E-state index in [0.717, 1.165) is 30.7 Å². The topological polar surface area (TPSA) is 89.5 Å². The van der Waals surface area contributed by atoms with Crippen molar-refractivity contribution in [1.29, 1.82) is 0 Å². The molecule has 2 aliphatic heterocycles. The molecule has 2 aliphatic rings. The van der Waals surface area contributed by atoms with Gasteiger partial charge in [-0.2, -0.15) is 4.98 Å². The highest BCUT2D eigenvalue weighted by molar-refractivity contribution is 6.00. The predicted molar refractivity (Wildman–Crippen MR) is 111 cm³/mol. The van der Waals surface area contributed by atoms with Gasteiger partial charge in [-0.15, -0.1) is 0 Å². The molecule has 4 rings (SSSR count). The van der Waals surface area contributed by atoms with Gasteiger partial charge in [-0.25, -0.2) is 4.98 Å². The lowest BCUT2D eigenvalue weighted by Gasteiger charge is -2.29. The highest BCUT2D eigenvalue weighted by Crippen LogP contribution is 2.29. The lowest BCUT2D eigenvalue weighted by atomic mass is 10.0. The van der Waals surface area contributed by atoms with Gasteiger partial charge in [0, 0.05) is 31.0 Å². The molecule has 1 amide bonds. The Hall–Kier alpha value is -2.74. The van der Waals surface area contributed by atoms with Crippen molar-refractivity contribution >= 4 is 17.4 Å². The van der Waals surface area contributed by atoms with E-state index in [1.165, 1.54) is 0 Å². The Bertz CT molecular complexity index is 806. The molecule has 1 atom stereocenters. The zero-order chi connectivity index (χ0) is 20.6. The zero-order valence-electron chi connectivity index (χ0n) is 17.4. The summed E-state index contributed by atoms with van der Waals surface area (Å²) >= 11 is 0. The van der Waals surface area contributed by atoms with Crippen LogP contribution in [-0.2, 0) is 16.1 Å². The van der Waals surface area contributed by atoms with Crippen LogP contribution in [-0.4, -0.2) is 47.2 Å². The first-order valence-corrected chi connectivity index (χ1v) is 10.2. The molecule has 1 N–H and O–H groups in total. The van der Waals surface area contributed by atoms with E-state index >= 15 is 0 Å². The van der Waals surface area contributed by atoms with Crippen LogP contribution in [0.5, 0.6) is 6.01 Å². The van der Waals surface area contributed by atoms with E-state index in [1.54, 1.807) is 6.20 Å². The number of aromatic nitrogens is 3. The molecule has 0 aromatic carbocycles. The highest BCUT2D eigenvalue weighted by atomic mass is 16.5. The second-order valence-electron chi connectivity index (χ2n) is 7.00. The fourth-order valence-corrected chi connectivity index (χ4v) is 3.27. The largest absolute Gasteiger partial charge is 0.463 e. The number of nitrogens with one attached hydrogen (secondary N) is 1. The summed E-state index contributed by atoms with van der Waals surface area (Å²) < 4.78 is 11.3. The Morgan fingerprint density at radius 3 is 2.86 bits per heavy atom. The monoisotopic (exact) mass is 399 g/mol. The number of nitrogens with zero attached hydrogens (tertiary/aromatic N) is 4. The van der Waals surface area contributed by atoms with Gasteiger partial charge in [0.25, 0.3) is 0 Å². The number of fused-ring (bicyclic) bond motifs is 1. The molecule has 29 heavy (non-hydrogen) atoms. The van der Waals surface area contributed by atoms with Gasteiger partial charge in [-0.3, -0.25) is 9.78 Å². The molecule has 2 aromatic rings. The van der Waals surface area contributed by atoms with Crippen molar-refractivity contribution in [2.24, 2.45) is 5.92 Å². The second-order valence-corrected chi connectivity index (χ2v) is 7.00. The van der Waals surface area contributed by atoms with Crippen molar-refractivity contribution in [3.05, 3.63) is 35.8 Å². The van der Waals surface area contributed by atoms with Gasteiger partial charge in [0.05, 0.1) is 26.0 Å². The lowest BCUT2D eigenvalue weighted by Crippen LogP contribution is -2.38. The smallest absolute Gasteiger partial charge is 0.318 e. The molecule has 8 heteroatoms. The first kappa shape index (κ1) is 21.0. The SMILES string of the molecule is CC.Cc1ccc(CN2CC(=O)Nc3cnc(OCC4CCCOC4)nc32)cn1. The van der Waals surface area contributed by atoms with Crippen LogP contribution in [0.1, 0.15) is 37.9 Å². The minimum Gasteiger partial charge on any atom is -0.463 e. The molecule has 1 fully saturated rings. The lowest BCUT2D eigenvalue weighted by molar-refractivity contribution is -0.115. The van der Waals surface area contributed by atoms with E-state index in [1.807, 2.05) is 44.0 Å². The number of aryl methyl sites for hydroxylation is 1. The minimum atomic E-state index is -0.0841. The molecule has 0 radical (unpaired) electrons. The van der Waals surface area contributed by atoms with Crippen molar-refractivity contribution in [3.63, 3.8) is 0 Å². The average molecular weight is 399 g/mol. The van der Waals surface area contributed by atoms with Crippen molar-refractivity contribution in [2.45, 2.75) is 40.2 Å². The van der Waals surface area contributed by atoms with Crippen LogP contribution in [0.15, 0.2) is 24.5 Å². The van der Waals surface area contributed by atoms with Gasteiger partial charge >= 0.3 is 6.01 Å². The number of rotatable bonds is 5. The van der Waals surface area contributed by atoms with Gasteiger partial charge in [0.2, 0.25) is 5.91 Å². The maximum absolute atomic E-state index is 12.0. The summed E-state index contributed by atoms with van der Waals surface area (Å²) in [5.41, 5.74) is 2.57. The second kappa shape index (κ2) is 10.2. The van der Waals surface area contributed by atoms with Crippen molar-refractivity contribution < 1.29 is 14.3 Å². The van der Waals surface area contributed by atoms with Gasteiger partial charge in [-0.05, 0) is 31.4 Å². The number of anilines is 2. The number of carbonyl (C=O) groups is 1. The van der Waals surface area contributed by atoms with Crippen molar-refractivity contribution in [2.75, 3.05) is 36.6 Å². The Kier molecular flexibility index (Phi) is 7.35. The minimum absolute atomic E-state index is 0.0841. The molecule has 0 aliphatic carbocycles. The fraction of sp³-hybridized carbons (Fsp3) is 0.524. The molecule has 1 saturated heterocycles. The Labute approximate surface area is 171 Å². The van der Waals surface area contributed by atoms with Crippen LogP contribution in [0.3, 0.4) is 0 Å². The highest BCUT2D eigenvalue weighted by Gasteiger charge is 2.25. The van der Waals surface area contributed by atoms with Crippen LogP contribution >= 0.6 is 0 Å². The van der Waals surface area contributed by atoms with Gasteiger partial charge in [-0.1, -0.05) is 19.9 Å². The van der Waals surface area contributed by atoms with Gasteiger partial charge in [0.1, 0.15) is 5.69 Å². The summed E-state index contributed by atoms with van der Waals surface area (Å²) in [6.07, 6.45) is 5.58. The van der Waals surface area contributed by atoms with Crippen molar-refractivity contribution in [1.82, 2.24) is 15.0 Å². The Balaban J connectivity index is 0.00000117. The van der Waals surface area contributed by atoms with Crippen LogP contribution < -0.4 is 15.0 Å². The summed E-state index contributed by atoms with van der Waals surface area (Å²) in [6, 6.07) is 4.29. The van der Waals surface area contributed by atoms with Crippen LogP contribution in [0, 0.1) is 12.8 Å². The van der Waals surface area contributed by atoms with E-state index < -0.39 is 0 Å². The normalized spacial score (nSPS) is 18.2. The van der Waals surface area contributed by atoms with E-state index in [0.29, 0.717) is 43.2 Å². The molecule has 4 heterocycles. The summed E-state index contributed by atoms with van der Waals surface area (Å²) in [5, 5.41) is 2.82. The Morgan fingerprint density at radius 2 is 2.14 bits per heavy atom.